The van der Waals surface area contributed by atoms with Crippen LogP contribution >= 0.6 is 0 Å². The van der Waals surface area contributed by atoms with E-state index >= 15 is 0 Å². The van der Waals surface area contributed by atoms with Crippen molar-refractivity contribution >= 4 is 12.1 Å². The fraction of sp³-hybridized carbons (Fsp3) is 0.333. The van der Waals surface area contributed by atoms with E-state index in [0.717, 1.165) is 12.8 Å². The number of fused-ring (bicyclic) bond motifs is 3. The SMILES string of the molecule is CC1OC(OC(=O)c2ccccc2C#CC2CC2)CC[C@H]1NC(=O)OCC1c2ccccc2-c2ccccc21. The molecule has 1 amide bonds. The largest absolute Gasteiger partial charge is 0.449 e. The van der Waals surface area contributed by atoms with Gasteiger partial charge < -0.3 is 19.5 Å². The molecule has 0 aromatic heterocycles. The van der Waals surface area contributed by atoms with Crippen molar-refractivity contribution in [3.63, 3.8) is 0 Å². The van der Waals surface area contributed by atoms with E-state index in [9.17, 15) is 9.59 Å². The number of carbonyl (C=O) groups is 2. The standard InChI is InChI=1S/C33H31NO5/c1-21-30(18-19-31(38-21)39-32(35)24-9-3-2-8-23(24)17-16-22-14-15-22)34-33(36)37-20-29-27-12-6-4-10-25(27)26-11-5-7-13-28(26)29/h2-13,21-22,29-31H,14-15,18-20H2,1H3,(H,34,36)/t21?,30-,31?/m1/s1. The smallest absolute Gasteiger partial charge is 0.407 e. The van der Waals surface area contributed by atoms with Gasteiger partial charge in [0.05, 0.1) is 17.7 Å². The number of amides is 1. The van der Waals surface area contributed by atoms with Gasteiger partial charge in [0, 0.05) is 23.8 Å². The minimum absolute atomic E-state index is 0.00353. The predicted octanol–water partition coefficient (Wildman–Crippen LogP) is 6.04. The maximum Gasteiger partial charge on any atom is 0.407 e. The lowest BCUT2D eigenvalue weighted by atomic mass is 9.98. The highest BCUT2D eigenvalue weighted by atomic mass is 16.7. The third kappa shape index (κ3) is 5.55. The zero-order chi connectivity index (χ0) is 26.8. The summed E-state index contributed by atoms with van der Waals surface area (Å²) in [6.45, 7) is 2.12. The lowest BCUT2D eigenvalue weighted by Gasteiger charge is -2.34. The summed E-state index contributed by atoms with van der Waals surface area (Å²) in [6, 6.07) is 23.5. The zero-order valence-electron chi connectivity index (χ0n) is 21.9. The summed E-state index contributed by atoms with van der Waals surface area (Å²) in [6.07, 6.45) is 1.82. The minimum atomic E-state index is -0.683. The maximum atomic E-state index is 12.9. The molecule has 3 aliphatic rings. The van der Waals surface area contributed by atoms with E-state index in [1.807, 2.05) is 43.3 Å². The van der Waals surface area contributed by atoms with Crippen molar-refractivity contribution in [1.29, 1.82) is 0 Å². The van der Waals surface area contributed by atoms with Crippen LogP contribution in [0.2, 0.25) is 0 Å². The molecule has 198 valence electrons. The molecule has 2 aliphatic carbocycles. The minimum Gasteiger partial charge on any atom is -0.449 e. The van der Waals surface area contributed by atoms with E-state index in [0.29, 0.717) is 29.9 Å². The van der Waals surface area contributed by atoms with Gasteiger partial charge in [-0.1, -0.05) is 72.5 Å². The molecule has 2 fully saturated rings. The average Bonchev–Trinajstić information content (AvgIpc) is 3.73. The van der Waals surface area contributed by atoms with Gasteiger partial charge in [-0.3, -0.25) is 0 Å². The molecular formula is C33H31NO5. The summed E-state index contributed by atoms with van der Waals surface area (Å²) in [5, 5.41) is 2.94. The Labute approximate surface area is 228 Å². The van der Waals surface area contributed by atoms with Gasteiger partial charge in [-0.2, -0.15) is 0 Å². The lowest BCUT2D eigenvalue weighted by Crippen LogP contribution is -2.49. The molecule has 0 bridgehead atoms. The topological polar surface area (TPSA) is 73.9 Å². The van der Waals surface area contributed by atoms with Gasteiger partial charge in [-0.25, -0.2) is 9.59 Å². The normalized spacial score (nSPS) is 21.6. The predicted molar refractivity (Wildman–Crippen MR) is 147 cm³/mol. The van der Waals surface area contributed by atoms with Crippen molar-refractivity contribution in [3.05, 3.63) is 95.1 Å². The third-order valence-corrected chi connectivity index (χ3v) is 7.67. The fourth-order valence-electron chi connectivity index (χ4n) is 5.38. The number of alkyl carbamates (subject to hydrolysis) is 1. The van der Waals surface area contributed by atoms with Gasteiger partial charge in [-0.15, -0.1) is 0 Å². The molecule has 1 saturated carbocycles. The van der Waals surface area contributed by atoms with Crippen LogP contribution in [0.4, 0.5) is 4.79 Å². The van der Waals surface area contributed by atoms with E-state index in [1.165, 1.54) is 22.3 Å². The molecular weight excluding hydrogens is 490 g/mol. The van der Waals surface area contributed by atoms with Crippen LogP contribution in [0.15, 0.2) is 72.8 Å². The molecule has 1 saturated heterocycles. The van der Waals surface area contributed by atoms with E-state index < -0.39 is 18.4 Å². The number of esters is 1. The molecule has 2 unspecified atom stereocenters. The molecule has 0 spiro atoms. The number of carbonyl (C=O) groups excluding carboxylic acids is 2. The molecule has 6 heteroatoms. The molecule has 0 radical (unpaired) electrons. The fourth-order valence-corrected chi connectivity index (χ4v) is 5.38. The van der Waals surface area contributed by atoms with Gasteiger partial charge in [0.15, 0.2) is 0 Å². The van der Waals surface area contributed by atoms with Gasteiger partial charge in [0.1, 0.15) is 6.61 Å². The Kier molecular flexibility index (Phi) is 7.08. The van der Waals surface area contributed by atoms with Crippen LogP contribution in [0.1, 0.15) is 65.6 Å². The number of hydrogen-bond donors (Lipinski definition) is 1. The summed E-state index contributed by atoms with van der Waals surface area (Å²) < 4.78 is 17.3. The Morgan fingerprint density at radius 1 is 0.897 bits per heavy atom. The van der Waals surface area contributed by atoms with Crippen LogP contribution in [0.5, 0.6) is 0 Å². The van der Waals surface area contributed by atoms with E-state index in [2.05, 4.69) is 41.4 Å². The number of hydrogen-bond acceptors (Lipinski definition) is 5. The van der Waals surface area contributed by atoms with Crippen molar-refractivity contribution < 1.29 is 23.8 Å². The van der Waals surface area contributed by atoms with Crippen molar-refractivity contribution in [2.75, 3.05) is 6.61 Å². The van der Waals surface area contributed by atoms with Crippen LogP contribution in [0.25, 0.3) is 11.1 Å². The highest BCUT2D eigenvalue weighted by Crippen LogP contribution is 2.44. The number of ether oxygens (including phenoxy) is 3. The Balaban J connectivity index is 1.02. The molecule has 3 aromatic carbocycles. The van der Waals surface area contributed by atoms with Gasteiger partial charge in [0.2, 0.25) is 6.29 Å². The summed E-state index contributed by atoms with van der Waals surface area (Å²) >= 11 is 0. The maximum absolute atomic E-state index is 12.9. The van der Waals surface area contributed by atoms with Crippen LogP contribution in [-0.2, 0) is 14.2 Å². The molecule has 3 aromatic rings. The van der Waals surface area contributed by atoms with Crippen molar-refractivity contribution in [2.45, 2.75) is 57.0 Å². The second kappa shape index (κ2) is 11.0. The average molecular weight is 522 g/mol. The number of benzene rings is 3. The Morgan fingerprint density at radius 3 is 2.26 bits per heavy atom. The summed E-state index contributed by atoms with van der Waals surface area (Å²) in [7, 11) is 0. The molecule has 1 heterocycles. The van der Waals surface area contributed by atoms with E-state index in [4.69, 9.17) is 14.2 Å². The van der Waals surface area contributed by atoms with Crippen molar-refractivity contribution in [3.8, 4) is 23.0 Å². The van der Waals surface area contributed by atoms with E-state index in [1.54, 1.807) is 12.1 Å². The first-order valence-corrected chi connectivity index (χ1v) is 13.7. The first-order chi connectivity index (χ1) is 19.1. The van der Waals surface area contributed by atoms with Crippen LogP contribution in [0, 0.1) is 17.8 Å². The van der Waals surface area contributed by atoms with Crippen LogP contribution < -0.4 is 5.32 Å². The third-order valence-electron chi connectivity index (χ3n) is 7.67. The van der Waals surface area contributed by atoms with Gasteiger partial charge >= 0.3 is 12.1 Å². The van der Waals surface area contributed by atoms with Gasteiger partial charge in [-0.05, 0) is 60.6 Å². The lowest BCUT2D eigenvalue weighted by molar-refractivity contribution is -0.169. The molecule has 6 rings (SSSR count). The molecule has 3 atom stereocenters. The highest BCUT2D eigenvalue weighted by molar-refractivity contribution is 5.92. The number of rotatable bonds is 5. The number of nitrogens with one attached hydrogen (secondary N) is 1. The van der Waals surface area contributed by atoms with Crippen molar-refractivity contribution in [2.24, 2.45) is 5.92 Å². The summed E-state index contributed by atoms with van der Waals surface area (Å²) in [5.74, 6) is 6.32. The first kappa shape index (κ1) is 25.2. The Hall–Kier alpha value is -4.08. The van der Waals surface area contributed by atoms with Crippen LogP contribution in [-0.4, -0.2) is 37.1 Å². The molecule has 1 aliphatic heterocycles. The van der Waals surface area contributed by atoms with Crippen LogP contribution in [0.3, 0.4) is 0 Å². The molecule has 1 N–H and O–H groups in total. The summed E-state index contributed by atoms with van der Waals surface area (Å²) in [5.41, 5.74) is 5.84. The monoisotopic (exact) mass is 521 g/mol. The first-order valence-electron chi connectivity index (χ1n) is 13.7. The zero-order valence-corrected chi connectivity index (χ0v) is 21.9. The second-order valence-corrected chi connectivity index (χ2v) is 10.4. The van der Waals surface area contributed by atoms with Gasteiger partial charge in [0.25, 0.3) is 0 Å². The second-order valence-electron chi connectivity index (χ2n) is 10.4. The summed E-state index contributed by atoms with van der Waals surface area (Å²) in [4.78, 5) is 25.6. The quantitative estimate of drug-likeness (QED) is 0.328. The Morgan fingerprint density at radius 2 is 1.56 bits per heavy atom. The van der Waals surface area contributed by atoms with Crippen molar-refractivity contribution in [1.82, 2.24) is 5.32 Å². The van der Waals surface area contributed by atoms with E-state index in [-0.39, 0.29) is 24.7 Å². The molecule has 39 heavy (non-hydrogen) atoms. The molecule has 6 nitrogen and oxygen atoms in total. The Bertz CT molecular complexity index is 1400. The highest BCUT2D eigenvalue weighted by Gasteiger charge is 2.33.